The molecular weight excluding hydrogens is 314 g/mol. The van der Waals surface area contributed by atoms with Crippen LogP contribution < -0.4 is 0 Å². The van der Waals surface area contributed by atoms with Crippen molar-refractivity contribution in [3.8, 4) is 0 Å². The second-order valence-corrected chi connectivity index (χ2v) is 6.23. The summed E-state index contributed by atoms with van der Waals surface area (Å²) in [5, 5.41) is 8.58. The molecule has 0 saturated carbocycles. The standard InChI is InChI=1S/C19H19N5O/c25-18(9-8-15-5-3-10-20-13-15)23-11-4-6-16(14-23)19-22-21-17-7-1-2-12-24(17)19/h1-3,5,7-10,12-13,16H,4,6,11,14H2/b9-8+. The number of carbonyl (C=O) groups is 1. The number of likely N-dealkylation sites (tertiary alicyclic amines) is 1. The van der Waals surface area contributed by atoms with Gasteiger partial charge in [-0.05, 0) is 42.7 Å². The third kappa shape index (κ3) is 3.28. The Hall–Kier alpha value is -3.02. The topological polar surface area (TPSA) is 63.4 Å². The number of aromatic nitrogens is 4. The monoisotopic (exact) mass is 333 g/mol. The number of piperidine rings is 1. The fourth-order valence-electron chi connectivity index (χ4n) is 3.27. The second-order valence-electron chi connectivity index (χ2n) is 6.23. The highest BCUT2D eigenvalue weighted by Gasteiger charge is 2.26. The van der Waals surface area contributed by atoms with Gasteiger partial charge in [-0.25, -0.2) is 0 Å². The van der Waals surface area contributed by atoms with Crippen LogP contribution >= 0.6 is 0 Å². The first-order valence-corrected chi connectivity index (χ1v) is 8.48. The molecule has 0 N–H and O–H groups in total. The van der Waals surface area contributed by atoms with E-state index in [1.54, 1.807) is 18.5 Å². The Balaban J connectivity index is 1.49. The van der Waals surface area contributed by atoms with Crippen molar-refractivity contribution >= 4 is 17.6 Å². The van der Waals surface area contributed by atoms with Crippen molar-refractivity contribution in [2.45, 2.75) is 18.8 Å². The normalized spacial score (nSPS) is 18.1. The first-order valence-electron chi connectivity index (χ1n) is 8.48. The van der Waals surface area contributed by atoms with Crippen molar-refractivity contribution in [3.05, 3.63) is 66.4 Å². The van der Waals surface area contributed by atoms with Gasteiger partial charge in [0.1, 0.15) is 5.82 Å². The first kappa shape index (κ1) is 15.5. The summed E-state index contributed by atoms with van der Waals surface area (Å²) in [4.78, 5) is 18.5. The molecule has 1 aliphatic heterocycles. The summed E-state index contributed by atoms with van der Waals surface area (Å²) < 4.78 is 2.02. The lowest BCUT2D eigenvalue weighted by molar-refractivity contribution is -0.127. The van der Waals surface area contributed by atoms with Gasteiger partial charge in [0.05, 0.1) is 0 Å². The Bertz CT molecular complexity index is 902. The van der Waals surface area contributed by atoms with Crippen LogP contribution in [0.25, 0.3) is 11.7 Å². The van der Waals surface area contributed by atoms with Crippen molar-refractivity contribution in [3.63, 3.8) is 0 Å². The Morgan fingerprint density at radius 1 is 1.20 bits per heavy atom. The van der Waals surface area contributed by atoms with Gasteiger partial charge in [0, 0.05) is 43.7 Å². The lowest BCUT2D eigenvalue weighted by Crippen LogP contribution is -2.38. The zero-order valence-corrected chi connectivity index (χ0v) is 13.8. The molecule has 1 amide bonds. The molecule has 6 nitrogen and oxygen atoms in total. The number of nitrogens with zero attached hydrogens (tertiary/aromatic N) is 5. The second kappa shape index (κ2) is 6.84. The van der Waals surface area contributed by atoms with E-state index in [0.717, 1.165) is 36.4 Å². The van der Waals surface area contributed by atoms with Crippen LogP contribution in [0.1, 0.15) is 30.1 Å². The molecule has 0 spiro atoms. The Morgan fingerprint density at radius 2 is 2.16 bits per heavy atom. The van der Waals surface area contributed by atoms with Crippen LogP contribution in [-0.2, 0) is 4.79 Å². The quantitative estimate of drug-likeness (QED) is 0.691. The van der Waals surface area contributed by atoms with Gasteiger partial charge < -0.3 is 4.90 Å². The first-order chi connectivity index (χ1) is 12.3. The summed E-state index contributed by atoms with van der Waals surface area (Å²) in [6, 6.07) is 9.66. The highest BCUT2D eigenvalue weighted by molar-refractivity contribution is 5.91. The molecule has 126 valence electrons. The van der Waals surface area contributed by atoms with Gasteiger partial charge in [0.2, 0.25) is 5.91 Å². The fourth-order valence-corrected chi connectivity index (χ4v) is 3.27. The van der Waals surface area contributed by atoms with E-state index in [1.165, 1.54) is 0 Å². The molecule has 4 rings (SSSR count). The molecular formula is C19H19N5O. The molecule has 1 fully saturated rings. The molecule has 4 heterocycles. The largest absolute Gasteiger partial charge is 0.338 e. The molecule has 25 heavy (non-hydrogen) atoms. The molecule has 0 radical (unpaired) electrons. The lowest BCUT2D eigenvalue weighted by atomic mass is 9.97. The predicted octanol–water partition coefficient (Wildman–Crippen LogP) is 2.54. The van der Waals surface area contributed by atoms with Crippen molar-refractivity contribution < 1.29 is 4.79 Å². The average molecular weight is 333 g/mol. The maximum Gasteiger partial charge on any atom is 0.246 e. The highest BCUT2D eigenvalue weighted by atomic mass is 16.2. The number of amides is 1. The number of carbonyl (C=O) groups excluding carboxylic acids is 1. The minimum absolute atomic E-state index is 0.0300. The van der Waals surface area contributed by atoms with Gasteiger partial charge in [-0.1, -0.05) is 12.1 Å². The summed E-state index contributed by atoms with van der Waals surface area (Å²) in [5.41, 5.74) is 1.77. The fraction of sp³-hybridized carbons (Fsp3) is 0.263. The van der Waals surface area contributed by atoms with Gasteiger partial charge in [0.15, 0.2) is 5.65 Å². The molecule has 3 aromatic rings. The zero-order chi connectivity index (χ0) is 17.1. The molecule has 1 saturated heterocycles. The van der Waals surface area contributed by atoms with Gasteiger partial charge in [-0.3, -0.25) is 14.2 Å². The summed E-state index contributed by atoms with van der Waals surface area (Å²) in [7, 11) is 0. The number of pyridine rings is 2. The Kier molecular flexibility index (Phi) is 4.24. The maximum absolute atomic E-state index is 12.5. The number of hydrogen-bond acceptors (Lipinski definition) is 4. The van der Waals surface area contributed by atoms with Gasteiger partial charge >= 0.3 is 0 Å². The zero-order valence-electron chi connectivity index (χ0n) is 13.8. The van der Waals surface area contributed by atoms with Crippen LogP contribution in [-0.4, -0.2) is 43.5 Å². The molecule has 0 bridgehead atoms. The van der Waals surface area contributed by atoms with Crippen LogP contribution in [0, 0.1) is 0 Å². The predicted molar refractivity (Wildman–Crippen MR) is 94.8 cm³/mol. The molecule has 0 aromatic carbocycles. The van der Waals surface area contributed by atoms with Crippen molar-refractivity contribution in [2.24, 2.45) is 0 Å². The summed E-state index contributed by atoms with van der Waals surface area (Å²) in [6.45, 7) is 1.45. The minimum atomic E-state index is 0.0300. The van der Waals surface area contributed by atoms with Gasteiger partial charge in [0.25, 0.3) is 0 Å². The van der Waals surface area contributed by atoms with Gasteiger partial charge in [-0.15, -0.1) is 10.2 Å². The van der Waals surface area contributed by atoms with Crippen molar-refractivity contribution in [1.82, 2.24) is 24.5 Å². The van der Waals surface area contributed by atoms with Crippen molar-refractivity contribution in [2.75, 3.05) is 13.1 Å². The highest BCUT2D eigenvalue weighted by Crippen LogP contribution is 2.26. The Morgan fingerprint density at radius 3 is 3.04 bits per heavy atom. The lowest BCUT2D eigenvalue weighted by Gasteiger charge is -2.31. The molecule has 1 unspecified atom stereocenters. The molecule has 6 heteroatoms. The van der Waals surface area contributed by atoms with Crippen LogP contribution in [0.3, 0.4) is 0 Å². The smallest absolute Gasteiger partial charge is 0.246 e. The molecule has 0 aliphatic carbocycles. The molecule has 1 aliphatic rings. The van der Waals surface area contributed by atoms with E-state index >= 15 is 0 Å². The third-order valence-electron chi connectivity index (χ3n) is 4.54. The third-order valence-corrected chi connectivity index (χ3v) is 4.54. The molecule has 3 aromatic heterocycles. The van der Waals surface area contributed by atoms with Crippen molar-refractivity contribution in [1.29, 1.82) is 0 Å². The number of hydrogen-bond donors (Lipinski definition) is 0. The average Bonchev–Trinajstić information content (AvgIpc) is 3.11. The van der Waals surface area contributed by atoms with E-state index in [2.05, 4.69) is 15.2 Å². The van der Waals surface area contributed by atoms with E-state index in [-0.39, 0.29) is 11.8 Å². The Labute approximate surface area is 145 Å². The van der Waals surface area contributed by atoms with E-state index in [4.69, 9.17) is 0 Å². The number of rotatable bonds is 3. The number of fused-ring (bicyclic) bond motifs is 1. The van der Waals surface area contributed by atoms with Crippen LogP contribution in [0.15, 0.2) is 55.0 Å². The van der Waals surface area contributed by atoms with E-state index in [0.29, 0.717) is 6.54 Å². The van der Waals surface area contributed by atoms with E-state index < -0.39 is 0 Å². The maximum atomic E-state index is 12.5. The minimum Gasteiger partial charge on any atom is -0.338 e. The van der Waals surface area contributed by atoms with E-state index in [1.807, 2.05) is 51.9 Å². The SMILES string of the molecule is O=C(/C=C/c1cccnc1)N1CCCC(c2nnc3ccccn23)C1. The van der Waals surface area contributed by atoms with Crippen LogP contribution in [0.5, 0.6) is 0 Å². The van der Waals surface area contributed by atoms with Crippen LogP contribution in [0.2, 0.25) is 0 Å². The van der Waals surface area contributed by atoms with Crippen LogP contribution in [0.4, 0.5) is 0 Å². The van der Waals surface area contributed by atoms with E-state index in [9.17, 15) is 4.79 Å². The van der Waals surface area contributed by atoms with Gasteiger partial charge in [-0.2, -0.15) is 0 Å². The molecule has 1 atom stereocenters. The summed E-state index contributed by atoms with van der Waals surface area (Å²) in [5.74, 6) is 1.17. The summed E-state index contributed by atoms with van der Waals surface area (Å²) >= 11 is 0. The summed E-state index contributed by atoms with van der Waals surface area (Å²) in [6.07, 6.45) is 10.9.